The number of para-hydroxylation sites is 2. The smallest absolute Gasteiger partial charge is 0.264 e. The zero-order chi connectivity index (χ0) is 17.6. The summed E-state index contributed by atoms with van der Waals surface area (Å²) in [6.07, 6.45) is 0. The van der Waals surface area contributed by atoms with E-state index in [1.54, 1.807) is 19.2 Å². The van der Waals surface area contributed by atoms with Crippen LogP contribution in [-0.2, 0) is 4.79 Å². The second-order valence-corrected chi connectivity index (χ2v) is 5.86. The van der Waals surface area contributed by atoms with E-state index < -0.39 is 11.7 Å². The maximum atomic E-state index is 13.5. The molecule has 0 saturated heterocycles. The average Bonchev–Trinajstić information content (AvgIpc) is 3.09. The number of nitrogens with one attached hydrogen (secondary N) is 1. The molecule has 0 spiro atoms. The normalized spacial score (nSPS) is 10.3. The molecule has 25 heavy (non-hydrogen) atoms. The van der Waals surface area contributed by atoms with Crippen LogP contribution in [0.5, 0.6) is 11.5 Å². The van der Waals surface area contributed by atoms with Crippen molar-refractivity contribution in [3.63, 3.8) is 0 Å². The molecular weight excluding hydrogens is 343 g/mol. The van der Waals surface area contributed by atoms with E-state index in [1.807, 2.05) is 29.6 Å². The summed E-state index contributed by atoms with van der Waals surface area (Å²) in [5.41, 5.74) is 1.54. The molecule has 0 radical (unpaired) electrons. The van der Waals surface area contributed by atoms with Gasteiger partial charge in [0.05, 0.1) is 12.8 Å². The van der Waals surface area contributed by atoms with Gasteiger partial charge in [-0.05, 0) is 24.3 Å². The van der Waals surface area contributed by atoms with Gasteiger partial charge in [0.15, 0.2) is 23.3 Å². The fourth-order valence-corrected chi connectivity index (χ4v) is 2.90. The molecular formula is C18H15FN2O3S. The number of benzene rings is 2. The Bertz CT molecular complexity index is 882. The van der Waals surface area contributed by atoms with Gasteiger partial charge in [0.25, 0.3) is 5.91 Å². The van der Waals surface area contributed by atoms with Gasteiger partial charge in [-0.15, -0.1) is 11.3 Å². The van der Waals surface area contributed by atoms with E-state index in [4.69, 9.17) is 9.47 Å². The number of halogens is 1. The van der Waals surface area contributed by atoms with Gasteiger partial charge in [0.1, 0.15) is 5.75 Å². The zero-order valence-electron chi connectivity index (χ0n) is 13.4. The summed E-state index contributed by atoms with van der Waals surface area (Å²) in [6, 6.07) is 13.4. The van der Waals surface area contributed by atoms with E-state index in [1.165, 1.54) is 23.5 Å². The van der Waals surface area contributed by atoms with E-state index in [9.17, 15) is 9.18 Å². The monoisotopic (exact) mass is 358 g/mol. The first-order chi connectivity index (χ1) is 12.2. The van der Waals surface area contributed by atoms with Crippen LogP contribution in [0.2, 0.25) is 0 Å². The SMILES string of the molecule is COc1ccccc1-c1csc(NC(=O)COc2ccccc2F)n1. The van der Waals surface area contributed by atoms with Gasteiger partial charge < -0.3 is 9.47 Å². The lowest BCUT2D eigenvalue weighted by molar-refractivity contribution is -0.118. The number of aromatic nitrogens is 1. The Balaban J connectivity index is 1.63. The summed E-state index contributed by atoms with van der Waals surface area (Å²) in [5, 5.41) is 4.90. The highest BCUT2D eigenvalue weighted by Gasteiger charge is 2.12. The van der Waals surface area contributed by atoms with Crippen molar-refractivity contribution in [3.8, 4) is 22.8 Å². The zero-order valence-corrected chi connectivity index (χ0v) is 14.2. The summed E-state index contributed by atoms with van der Waals surface area (Å²) < 4.78 is 23.9. The van der Waals surface area contributed by atoms with Crippen molar-refractivity contribution in [1.82, 2.24) is 4.98 Å². The Hall–Kier alpha value is -2.93. The molecule has 0 aliphatic carbocycles. The number of nitrogens with zero attached hydrogens (tertiary/aromatic N) is 1. The molecule has 1 aromatic heterocycles. The molecule has 0 bridgehead atoms. The van der Waals surface area contributed by atoms with Crippen LogP contribution in [0.25, 0.3) is 11.3 Å². The predicted molar refractivity (Wildman–Crippen MR) is 94.6 cm³/mol. The molecule has 3 aromatic rings. The van der Waals surface area contributed by atoms with Crippen LogP contribution in [0, 0.1) is 5.82 Å². The molecule has 0 aliphatic heterocycles. The second kappa shape index (κ2) is 7.76. The molecule has 0 unspecified atom stereocenters. The largest absolute Gasteiger partial charge is 0.496 e. The lowest BCUT2D eigenvalue weighted by atomic mass is 10.1. The minimum absolute atomic E-state index is 0.0338. The quantitative estimate of drug-likeness (QED) is 0.724. The van der Waals surface area contributed by atoms with Crippen molar-refractivity contribution in [2.75, 3.05) is 19.0 Å². The molecule has 5 nitrogen and oxygen atoms in total. The maximum absolute atomic E-state index is 13.5. The predicted octanol–water partition coefficient (Wildman–Crippen LogP) is 3.98. The van der Waals surface area contributed by atoms with Crippen LogP contribution in [0.15, 0.2) is 53.9 Å². The van der Waals surface area contributed by atoms with E-state index in [0.717, 1.165) is 5.56 Å². The summed E-state index contributed by atoms with van der Waals surface area (Å²) in [5.74, 6) is -0.188. The number of anilines is 1. The first-order valence-corrected chi connectivity index (χ1v) is 8.31. The van der Waals surface area contributed by atoms with Crippen LogP contribution >= 0.6 is 11.3 Å². The van der Waals surface area contributed by atoms with Crippen molar-refractivity contribution in [3.05, 3.63) is 59.7 Å². The lowest BCUT2D eigenvalue weighted by Crippen LogP contribution is -2.20. The summed E-state index contributed by atoms with van der Waals surface area (Å²) in [6.45, 7) is -0.301. The highest BCUT2D eigenvalue weighted by Crippen LogP contribution is 2.31. The van der Waals surface area contributed by atoms with Crippen LogP contribution in [0.3, 0.4) is 0 Å². The molecule has 0 fully saturated rings. The Morgan fingerprint density at radius 1 is 1.16 bits per heavy atom. The molecule has 0 saturated carbocycles. The number of methoxy groups -OCH3 is 1. The number of ether oxygens (including phenoxy) is 2. The molecule has 2 aromatic carbocycles. The van der Waals surface area contributed by atoms with Gasteiger partial charge in [-0.25, -0.2) is 9.37 Å². The van der Waals surface area contributed by atoms with Gasteiger partial charge in [-0.3, -0.25) is 10.1 Å². The Labute approximate surface area is 148 Å². The standard InChI is InChI=1S/C18H15FN2O3S/c1-23-15-8-4-2-6-12(15)14-11-25-18(20-14)21-17(22)10-24-16-9-5-3-7-13(16)19/h2-9,11H,10H2,1H3,(H,20,21,22). The fraction of sp³-hybridized carbons (Fsp3) is 0.111. The lowest BCUT2D eigenvalue weighted by Gasteiger charge is -2.06. The first kappa shape index (κ1) is 16.9. The minimum Gasteiger partial charge on any atom is -0.496 e. The van der Waals surface area contributed by atoms with Gasteiger partial charge in [0.2, 0.25) is 0 Å². The van der Waals surface area contributed by atoms with Crippen molar-refractivity contribution in [2.24, 2.45) is 0 Å². The van der Waals surface area contributed by atoms with Crippen LogP contribution < -0.4 is 14.8 Å². The van der Waals surface area contributed by atoms with Crippen molar-refractivity contribution < 1.29 is 18.7 Å². The van der Waals surface area contributed by atoms with Gasteiger partial charge in [0, 0.05) is 10.9 Å². The molecule has 128 valence electrons. The molecule has 3 rings (SSSR count). The number of thiazole rings is 1. The summed E-state index contributed by atoms with van der Waals surface area (Å²) in [7, 11) is 1.59. The number of hydrogen-bond donors (Lipinski definition) is 1. The van der Waals surface area contributed by atoms with E-state index >= 15 is 0 Å². The third-order valence-electron chi connectivity index (χ3n) is 3.33. The van der Waals surface area contributed by atoms with Gasteiger partial charge in [-0.2, -0.15) is 0 Å². The number of amides is 1. The van der Waals surface area contributed by atoms with Crippen molar-refractivity contribution in [2.45, 2.75) is 0 Å². The van der Waals surface area contributed by atoms with E-state index in [0.29, 0.717) is 16.6 Å². The third kappa shape index (κ3) is 4.13. The second-order valence-electron chi connectivity index (χ2n) is 5.01. The number of hydrogen-bond acceptors (Lipinski definition) is 5. The molecule has 7 heteroatoms. The molecule has 1 N–H and O–H groups in total. The fourth-order valence-electron chi connectivity index (χ4n) is 2.17. The number of carbonyl (C=O) groups excluding carboxylic acids is 1. The molecule has 1 amide bonds. The molecule has 1 heterocycles. The average molecular weight is 358 g/mol. The summed E-state index contributed by atoms with van der Waals surface area (Å²) in [4.78, 5) is 16.3. The Morgan fingerprint density at radius 2 is 1.88 bits per heavy atom. The topological polar surface area (TPSA) is 60.5 Å². The van der Waals surface area contributed by atoms with Gasteiger partial charge >= 0.3 is 0 Å². The first-order valence-electron chi connectivity index (χ1n) is 7.43. The highest BCUT2D eigenvalue weighted by atomic mass is 32.1. The highest BCUT2D eigenvalue weighted by molar-refractivity contribution is 7.14. The molecule has 0 atom stereocenters. The van der Waals surface area contributed by atoms with Crippen LogP contribution in [0.4, 0.5) is 9.52 Å². The third-order valence-corrected chi connectivity index (χ3v) is 4.09. The van der Waals surface area contributed by atoms with E-state index in [2.05, 4.69) is 10.3 Å². The number of carbonyl (C=O) groups is 1. The van der Waals surface area contributed by atoms with Crippen molar-refractivity contribution >= 4 is 22.4 Å². The molecule has 0 aliphatic rings. The maximum Gasteiger partial charge on any atom is 0.264 e. The van der Waals surface area contributed by atoms with Crippen molar-refractivity contribution in [1.29, 1.82) is 0 Å². The summed E-state index contributed by atoms with van der Waals surface area (Å²) >= 11 is 1.29. The minimum atomic E-state index is -0.511. The Morgan fingerprint density at radius 3 is 2.64 bits per heavy atom. The van der Waals surface area contributed by atoms with Gasteiger partial charge in [-0.1, -0.05) is 24.3 Å². The number of rotatable bonds is 6. The van der Waals surface area contributed by atoms with Crippen LogP contribution in [-0.4, -0.2) is 24.6 Å². The van der Waals surface area contributed by atoms with Crippen LogP contribution in [0.1, 0.15) is 0 Å². The van der Waals surface area contributed by atoms with E-state index in [-0.39, 0.29) is 12.4 Å². The Kier molecular flexibility index (Phi) is 5.25.